The topological polar surface area (TPSA) is 24.5 Å². The van der Waals surface area contributed by atoms with Crippen molar-refractivity contribution in [1.29, 1.82) is 0 Å². The molecule has 0 aromatic rings. The summed E-state index contributed by atoms with van der Waals surface area (Å²) in [6.45, 7) is 4.50. The molecule has 0 radical (unpaired) electrons. The first-order valence-electron chi connectivity index (χ1n) is 7.84. The number of ether oxygens (including phenoxy) is 1. The molecule has 2 unspecified atom stereocenters. The normalized spacial score (nSPS) is 36.5. The Hall–Kier alpha value is -0.120. The Morgan fingerprint density at radius 1 is 1.17 bits per heavy atom. The van der Waals surface area contributed by atoms with Gasteiger partial charge < -0.3 is 10.1 Å². The van der Waals surface area contributed by atoms with Crippen molar-refractivity contribution in [2.75, 3.05) is 33.4 Å². The van der Waals surface area contributed by atoms with Crippen LogP contribution < -0.4 is 5.32 Å². The maximum atomic E-state index is 5.61. The van der Waals surface area contributed by atoms with Gasteiger partial charge in [0.2, 0.25) is 0 Å². The molecule has 0 aromatic heterocycles. The summed E-state index contributed by atoms with van der Waals surface area (Å²) in [4.78, 5) is 2.86. The smallest absolute Gasteiger partial charge is 0.0471 e. The molecule has 1 N–H and O–H groups in total. The fourth-order valence-corrected chi connectivity index (χ4v) is 4.72. The summed E-state index contributed by atoms with van der Waals surface area (Å²) < 4.78 is 5.61. The molecule has 3 nitrogen and oxygen atoms in total. The molecular formula is C15H28N2O. The number of likely N-dealkylation sites (tertiary alicyclic amines) is 1. The van der Waals surface area contributed by atoms with Crippen LogP contribution >= 0.6 is 0 Å². The van der Waals surface area contributed by atoms with E-state index in [1.807, 2.05) is 0 Å². The van der Waals surface area contributed by atoms with Crippen molar-refractivity contribution in [2.24, 2.45) is 5.41 Å². The average molecular weight is 252 g/mol. The lowest BCUT2D eigenvalue weighted by atomic mass is 9.75. The predicted octanol–water partition coefficient (Wildman–Crippen LogP) is 2.02. The van der Waals surface area contributed by atoms with Gasteiger partial charge >= 0.3 is 0 Å². The van der Waals surface area contributed by atoms with Crippen molar-refractivity contribution in [1.82, 2.24) is 10.2 Å². The molecule has 2 atom stereocenters. The number of nitrogens with zero attached hydrogens (tertiary/aromatic N) is 1. The molecule has 3 heteroatoms. The second-order valence-electron chi connectivity index (χ2n) is 6.47. The van der Waals surface area contributed by atoms with Crippen molar-refractivity contribution in [3.8, 4) is 0 Å². The average Bonchev–Trinajstić information content (AvgIpc) is 2.98. The van der Waals surface area contributed by atoms with E-state index >= 15 is 0 Å². The fourth-order valence-electron chi connectivity index (χ4n) is 4.72. The van der Waals surface area contributed by atoms with Gasteiger partial charge in [-0.15, -0.1) is 0 Å². The molecule has 3 fully saturated rings. The molecule has 3 rings (SSSR count). The molecule has 2 aliphatic heterocycles. The van der Waals surface area contributed by atoms with Gasteiger partial charge in [0, 0.05) is 31.8 Å². The highest BCUT2D eigenvalue weighted by Crippen LogP contribution is 2.49. The maximum Gasteiger partial charge on any atom is 0.0471 e. The molecule has 104 valence electrons. The first-order valence-corrected chi connectivity index (χ1v) is 7.84. The zero-order valence-corrected chi connectivity index (χ0v) is 11.8. The van der Waals surface area contributed by atoms with Crippen LogP contribution in [-0.4, -0.2) is 50.3 Å². The van der Waals surface area contributed by atoms with Gasteiger partial charge in [-0.2, -0.15) is 0 Å². The quantitative estimate of drug-likeness (QED) is 0.831. The number of nitrogens with one attached hydrogen (secondary N) is 1. The van der Waals surface area contributed by atoms with E-state index < -0.39 is 0 Å². The highest BCUT2D eigenvalue weighted by atomic mass is 16.5. The number of hydrogen-bond acceptors (Lipinski definition) is 3. The molecule has 1 aliphatic carbocycles. The van der Waals surface area contributed by atoms with Gasteiger partial charge in [0.25, 0.3) is 0 Å². The molecule has 1 saturated carbocycles. The molecule has 3 aliphatic rings. The van der Waals surface area contributed by atoms with E-state index in [2.05, 4.69) is 17.3 Å². The molecule has 0 aromatic carbocycles. The molecule has 1 spiro atoms. The van der Waals surface area contributed by atoms with Gasteiger partial charge in [0.1, 0.15) is 0 Å². The minimum atomic E-state index is 0.606. The zero-order valence-electron chi connectivity index (χ0n) is 11.8. The van der Waals surface area contributed by atoms with Crippen LogP contribution in [0.2, 0.25) is 0 Å². The van der Waals surface area contributed by atoms with E-state index in [0.29, 0.717) is 5.41 Å². The summed E-state index contributed by atoms with van der Waals surface area (Å²) in [6, 6.07) is 1.64. The number of rotatable bonds is 3. The van der Waals surface area contributed by atoms with Gasteiger partial charge in [-0.3, -0.25) is 4.90 Å². The number of hydrogen-bond donors (Lipinski definition) is 1. The van der Waals surface area contributed by atoms with Gasteiger partial charge in [0.15, 0.2) is 0 Å². The first-order chi connectivity index (χ1) is 8.86. The van der Waals surface area contributed by atoms with Crippen molar-refractivity contribution in [2.45, 2.75) is 57.0 Å². The van der Waals surface area contributed by atoms with Crippen molar-refractivity contribution in [3.05, 3.63) is 0 Å². The lowest BCUT2D eigenvalue weighted by molar-refractivity contribution is -0.0284. The van der Waals surface area contributed by atoms with Crippen LogP contribution in [0.1, 0.15) is 44.9 Å². The second kappa shape index (κ2) is 5.48. The third-order valence-electron chi connectivity index (χ3n) is 5.61. The Morgan fingerprint density at radius 3 is 2.78 bits per heavy atom. The van der Waals surface area contributed by atoms with Crippen LogP contribution in [0.3, 0.4) is 0 Å². The Balaban J connectivity index is 1.73. The molecule has 0 bridgehead atoms. The maximum absolute atomic E-state index is 5.61. The van der Waals surface area contributed by atoms with Crippen molar-refractivity contribution >= 4 is 0 Å². The van der Waals surface area contributed by atoms with Gasteiger partial charge in [-0.25, -0.2) is 0 Å². The highest BCUT2D eigenvalue weighted by molar-refractivity contribution is 5.01. The van der Waals surface area contributed by atoms with E-state index in [1.165, 1.54) is 58.0 Å². The van der Waals surface area contributed by atoms with E-state index in [-0.39, 0.29) is 0 Å². The summed E-state index contributed by atoms with van der Waals surface area (Å²) in [5.74, 6) is 0. The summed E-state index contributed by atoms with van der Waals surface area (Å²) in [5, 5.41) is 3.39. The summed E-state index contributed by atoms with van der Waals surface area (Å²) in [5.41, 5.74) is 0.606. The summed E-state index contributed by atoms with van der Waals surface area (Å²) in [6.07, 6.45) is 9.72. The molecule has 0 amide bonds. The van der Waals surface area contributed by atoms with Crippen LogP contribution in [0.5, 0.6) is 0 Å². The van der Waals surface area contributed by atoms with E-state index in [4.69, 9.17) is 4.74 Å². The monoisotopic (exact) mass is 252 g/mol. The van der Waals surface area contributed by atoms with E-state index in [0.717, 1.165) is 25.3 Å². The second-order valence-corrected chi connectivity index (χ2v) is 6.47. The predicted molar refractivity (Wildman–Crippen MR) is 73.8 cm³/mol. The van der Waals surface area contributed by atoms with Crippen LogP contribution in [0, 0.1) is 5.41 Å². The molecule has 2 saturated heterocycles. The van der Waals surface area contributed by atoms with E-state index in [1.54, 1.807) is 0 Å². The standard InChI is InChI=1S/C15H28N2O/c1-16-12-13-4-3-9-17(13)14-5-2-6-15(14)7-10-18-11-8-15/h13-14,16H,2-12H2,1H3. The Kier molecular flexibility index (Phi) is 3.92. The zero-order chi connectivity index (χ0) is 12.4. The Labute approximate surface area is 111 Å². The minimum absolute atomic E-state index is 0.606. The Bertz CT molecular complexity index is 276. The van der Waals surface area contributed by atoms with Crippen molar-refractivity contribution < 1.29 is 4.74 Å². The third-order valence-corrected chi connectivity index (χ3v) is 5.61. The van der Waals surface area contributed by atoms with Gasteiger partial charge in [-0.1, -0.05) is 6.42 Å². The highest BCUT2D eigenvalue weighted by Gasteiger charge is 2.48. The SMILES string of the molecule is CNCC1CCCN1C1CCCC12CCOCC2. The fraction of sp³-hybridized carbons (Fsp3) is 1.00. The summed E-state index contributed by atoms with van der Waals surface area (Å²) in [7, 11) is 2.09. The van der Waals surface area contributed by atoms with Gasteiger partial charge in [-0.05, 0) is 57.5 Å². The van der Waals surface area contributed by atoms with Crippen LogP contribution in [-0.2, 0) is 4.74 Å². The van der Waals surface area contributed by atoms with Crippen LogP contribution in [0.4, 0.5) is 0 Å². The van der Waals surface area contributed by atoms with Crippen molar-refractivity contribution in [3.63, 3.8) is 0 Å². The minimum Gasteiger partial charge on any atom is -0.381 e. The van der Waals surface area contributed by atoms with Gasteiger partial charge in [0.05, 0.1) is 0 Å². The molecule has 18 heavy (non-hydrogen) atoms. The Morgan fingerprint density at radius 2 is 2.00 bits per heavy atom. The lowest BCUT2D eigenvalue weighted by Crippen LogP contribution is -2.51. The first kappa shape index (κ1) is 12.9. The lowest BCUT2D eigenvalue weighted by Gasteiger charge is -2.45. The molecule has 2 heterocycles. The van der Waals surface area contributed by atoms with E-state index in [9.17, 15) is 0 Å². The molecular weight excluding hydrogens is 224 g/mol. The van der Waals surface area contributed by atoms with Crippen LogP contribution in [0.25, 0.3) is 0 Å². The largest absolute Gasteiger partial charge is 0.381 e. The number of likely N-dealkylation sites (N-methyl/N-ethyl adjacent to an activating group) is 1. The van der Waals surface area contributed by atoms with Crippen LogP contribution in [0.15, 0.2) is 0 Å². The third kappa shape index (κ3) is 2.21. The summed E-state index contributed by atoms with van der Waals surface area (Å²) >= 11 is 0.